The van der Waals surface area contributed by atoms with Crippen molar-refractivity contribution < 1.29 is 27.9 Å². The zero-order valence-corrected chi connectivity index (χ0v) is 18.3. The van der Waals surface area contributed by atoms with Crippen molar-refractivity contribution in [3.8, 4) is 0 Å². The monoisotopic (exact) mass is 481 g/mol. The number of benzene rings is 3. The Labute approximate surface area is 181 Å². The van der Waals surface area contributed by atoms with E-state index in [0.29, 0.717) is 5.56 Å². The molecule has 6 heteroatoms. The maximum Gasteiger partial charge on any atom is 3.00 e. The molecule has 1 N–H and O–H groups in total. The van der Waals surface area contributed by atoms with Crippen LogP contribution in [0.3, 0.4) is 0 Å². The number of sulfonamides is 1. The number of nitrogens with one attached hydrogen (secondary N) is 1. The smallest absolute Gasteiger partial charge is 0.672 e. The molecule has 28 heavy (non-hydrogen) atoms. The minimum absolute atomic E-state index is 0. The first kappa shape index (κ1) is 24.2. The molecule has 3 rings (SSSR count). The molecule has 0 aliphatic heterocycles. The molecule has 0 fully saturated rings. The van der Waals surface area contributed by atoms with Gasteiger partial charge in [0.05, 0.1) is 0 Å². The molecule has 0 saturated carbocycles. The Morgan fingerprint density at radius 3 is 1.75 bits per heavy atom. The van der Waals surface area contributed by atoms with Crippen LogP contribution in [0.2, 0.25) is 0 Å². The first-order valence-electron chi connectivity index (χ1n) is 8.32. The molecule has 3 aromatic carbocycles. The van der Waals surface area contributed by atoms with Gasteiger partial charge in [-0.2, -0.15) is 0 Å². The number of hydrogen-bond acceptors (Lipinski definition) is 2. The standard InChI is InChI=1S/C21H20N2O2S.CH3.Ru/c1-16-12-14-19(15-13-16)26(24,25)23-21(18-10-6-3-7-11-18)20(22)17-8-4-2-5-9-17;;/h2-15,20-22H,1H3;1H3;/q-2;-1;+3/t20-,21?;;/m0../s1. The Bertz CT molecular complexity index is 947. The summed E-state index contributed by atoms with van der Waals surface area (Å²) in [5.41, 5.74) is 11.0. The SMILES string of the molecule is Cc1ccc(S(=O)(=O)[N-]C(c2ccccc2)[C@@H]([NH-])c2ccccc2)cc1.[CH3-].[Ru+3]. The van der Waals surface area contributed by atoms with Gasteiger partial charge < -0.3 is 17.9 Å². The molecule has 0 saturated heterocycles. The molecular weight excluding hydrogens is 457 g/mol. The van der Waals surface area contributed by atoms with Crippen molar-refractivity contribution >= 4 is 10.0 Å². The average Bonchev–Trinajstić information content (AvgIpc) is 2.67. The second-order valence-corrected chi connectivity index (χ2v) is 7.77. The summed E-state index contributed by atoms with van der Waals surface area (Å²) in [7, 11) is -3.87. The zero-order chi connectivity index (χ0) is 18.6. The minimum Gasteiger partial charge on any atom is -0.672 e. The fourth-order valence-electron chi connectivity index (χ4n) is 2.73. The van der Waals surface area contributed by atoms with E-state index in [2.05, 4.69) is 4.72 Å². The Kier molecular flexibility index (Phi) is 9.18. The number of rotatable bonds is 6. The van der Waals surface area contributed by atoms with E-state index in [-0.39, 0.29) is 31.8 Å². The second-order valence-electron chi connectivity index (χ2n) is 6.14. The molecule has 0 aliphatic rings. The van der Waals surface area contributed by atoms with Crippen LogP contribution in [-0.2, 0) is 29.5 Å². The van der Waals surface area contributed by atoms with Crippen molar-refractivity contribution in [3.63, 3.8) is 0 Å². The first-order valence-corrected chi connectivity index (χ1v) is 9.76. The largest absolute Gasteiger partial charge is 3.00 e. The molecule has 0 aromatic heterocycles. The Hall–Kier alpha value is -1.85. The van der Waals surface area contributed by atoms with Gasteiger partial charge in [-0.1, -0.05) is 89.5 Å². The number of hydrogen-bond donors (Lipinski definition) is 0. The van der Waals surface area contributed by atoms with E-state index in [0.717, 1.165) is 11.1 Å². The molecule has 0 amide bonds. The van der Waals surface area contributed by atoms with Gasteiger partial charge in [0.1, 0.15) is 10.0 Å². The van der Waals surface area contributed by atoms with E-state index in [4.69, 9.17) is 5.73 Å². The van der Waals surface area contributed by atoms with E-state index in [1.165, 1.54) is 0 Å². The van der Waals surface area contributed by atoms with Crippen LogP contribution in [0, 0.1) is 14.4 Å². The quantitative estimate of drug-likeness (QED) is 0.319. The van der Waals surface area contributed by atoms with Crippen molar-refractivity contribution in [3.05, 3.63) is 120 Å². The molecule has 1 unspecified atom stereocenters. The topological polar surface area (TPSA) is 72.0 Å². The average molecular weight is 481 g/mol. The molecular formula is C22H23N2O2RuS. The zero-order valence-electron chi connectivity index (χ0n) is 15.8. The van der Waals surface area contributed by atoms with Crippen molar-refractivity contribution in [1.82, 2.24) is 0 Å². The van der Waals surface area contributed by atoms with Crippen LogP contribution in [0.25, 0.3) is 10.5 Å². The van der Waals surface area contributed by atoms with Crippen molar-refractivity contribution in [1.29, 1.82) is 0 Å². The summed E-state index contributed by atoms with van der Waals surface area (Å²) in [5, 5.41) is 0. The van der Waals surface area contributed by atoms with Crippen LogP contribution >= 0.6 is 0 Å². The van der Waals surface area contributed by atoms with Crippen LogP contribution in [0.1, 0.15) is 28.8 Å². The van der Waals surface area contributed by atoms with E-state index < -0.39 is 22.1 Å². The van der Waals surface area contributed by atoms with Crippen molar-refractivity contribution in [2.24, 2.45) is 0 Å². The third-order valence-corrected chi connectivity index (χ3v) is 5.56. The molecule has 0 heterocycles. The summed E-state index contributed by atoms with van der Waals surface area (Å²) in [4.78, 5) is 0.143. The molecule has 0 aliphatic carbocycles. The Balaban J connectivity index is 0.00000196. The van der Waals surface area contributed by atoms with Gasteiger partial charge >= 0.3 is 19.5 Å². The van der Waals surface area contributed by atoms with Crippen LogP contribution in [0.15, 0.2) is 89.8 Å². The van der Waals surface area contributed by atoms with Crippen molar-refractivity contribution in [2.75, 3.05) is 0 Å². The number of aryl methyl sites for hydroxylation is 1. The predicted molar refractivity (Wildman–Crippen MR) is 111 cm³/mol. The van der Waals surface area contributed by atoms with Gasteiger partial charge in [0.25, 0.3) is 0 Å². The minimum atomic E-state index is -3.87. The van der Waals surface area contributed by atoms with Crippen LogP contribution in [-0.4, -0.2) is 8.42 Å². The Morgan fingerprint density at radius 1 is 0.786 bits per heavy atom. The predicted octanol–water partition coefficient (Wildman–Crippen LogP) is 6.04. The Morgan fingerprint density at radius 2 is 1.25 bits per heavy atom. The summed E-state index contributed by atoms with van der Waals surface area (Å²) in [5.74, 6) is 0. The molecule has 147 valence electrons. The van der Waals surface area contributed by atoms with E-state index in [9.17, 15) is 8.42 Å². The molecule has 1 radical (unpaired) electrons. The van der Waals surface area contributed by atoms with Crippen molar-refractivity contribution in [2.45, 2.75) is 23.9 Å². The van der Waals surface area contributed by atoms with Gasteiger partial charge in [0, 0.05) is 4.90 Å². The van der Waals surface area contributed by atoms with Crippen LogP contribution in [0.4, 0.5) is 0 Å². The van der Waals surface area contributed by atoms with E-state index >= 15 is 0 Å². The maximum atomic E-state index is 12.8. The van der Waals surface area contributed by atoms with Gasteiger partial charge in [-0.15, -0.1) is 12.1 Å². The number of nitrogens with zero attached hydrogens (tertiary/aromatic N) is 1. The van der Waals surface area contributed by atoms with Gasteiger partial charge in [0.2, 0.25) is 0 Å². The third kappa shape index (κ3) is 5.82. The summed E-state index contributed by atoms with van der Waals surface area (Å²) >= 11 is 0. The van der Waals surface area contributed by atoms with Crippen LogP contribution in [0.5, 0.6) is 0 Å². The van der Waals surface area contributed by atoms with E-state index in [1.807, 2.05) is 67.6 Å². The molecule has 3 aromatic rings. The third-order valence-electron chi connectivity index (χ3n) is 4.19. The molecule has 0 bridgehead atoms. The summed E-state index contributed by atoms with van der Waals surface area (Å²) in [6.45, 7) is 1.90. The van der Waals surface area contributed by atoms with Gasteiger partial charge in [0.15, 0.2) is 0 Å². The van der Waals surface area contributed by atoms with Gasteiger partial charge in [-0.05, 0) is 19.1 Å². The van der Waals surface area contributed by atoms with Gasteiger partial charge in [-0.3, -0.25) is 0 Å². The first-order chi connectivity index (χ1) is 12.5. The maximum absolute atomic E-state index is 12.8. The summed E-state index contributed by atoms with van der Waals surface area (Å²) in [6.07, 6.45) is 0. The summed E-state index contributed by atoms with van der Waals surface area (Å²) in [6, 6.07) is 23.3. The van der Waals surface area contributed by atoms with E-state index in [1.54, 1.807) is 24.3 Å². The summed E-state index contributed by atoms with van der Waals surface area (Å²) < 4.78 is 29.8. The van der Waals surface area contributed by atoms with Gasteiger partial charge in [-0.25, -0.2) is 8.42 Å². The fourth-order valence-corrected chi connectivity index (χ4v) is 3.87. The fraction of sp³-hybridized carbons (Fsp3) is 0.136. The second kappa shape index (κ2) is 10.6. The molecule has 2 atom stereocenters. The normalized spacial score (nSPS) is 12.9. The van der Waals surface area contributed by atoms with Crippen LogP contribution < -0.4 is 0 Å². The molecule has 4 nitrogen and oxygen atoms in total. The molecule has 0 spiro atoms.